The largest absolute Gasteiger partial charge is 0.420 e. The molecule has 8 heteroatoms. The van der Waals surface area contributed by atoms with Gasteiger partial charge in [0.15, 0.2) is 17.1 Å². The van der Waals surface area contributed by atoms with Crippen LogP contribution >= 0.6 is 27.5 Å². The van der Waals surface area contributed by atoms with Crippen LogP contribution in [-0.2, 0) is 6.54 Å². The van der Waals surface area contributed by atoms with Gasteiger partial charge in [0.25, 0.3) is 0 Å². The topological polar surface area (TPSA) is 69.3 Å². The molecule has 1 heterocycles. The van der Waals surface area contributed by atoms with E-state index in [1.54, 1.807) is 24.3 Å². The summed E-state index contributed by atoms with van der Waals surface area (Å²) in [5.41, 5.74) is 0.616. The summed E-state index contributed by atoms with van der Waals surface area (Å²) in [6.45, 7) is -0.260. The SMILES string of the molecule is O=C(Cn1c(=O)oc2cc(C(=O)c3ccccc3F)c(Cl)cc21)c1ccc(Br)cc1. The summed E-state index contributed by atoms with van der Waals surface area (Å²) in [5, 5.41) is 0.0152. The summed E-state index contributed by atoms with van der Waals surface area (Å²) in [6.07, 6.45) is 0. The van der Waals surface area contributed by atoms with E-state index >= 15 is 0 Å². The predicted molar refractivity (Wildman–Crippen MR) is 114 cm³/mol. The van der Waals surface area contributed by atoms with Crippen molar-refractivity contribution in [3.8, 4) is 0 Å². The Labute approximate surface area is 182 Å². The standard InChI is InChI=1S/C22H12BrClFNO4/c23-13-7-5-12(6-8-13)19(27)11-26-18-10-16(24)15(9-20(18)30-22(26)29)21(28)14-3-1-2-4-17(14)25/h1-10H,11H2. The lowest BCUT2D eigenvalue weighted by atomic mass is 10.0. The third kappa shape index (κ3) is 3.74. The molecule has 0 N–H and O–H groups in total. The molecule has 4 aromatic rings. The summed E-state index contributed by atoms with van der Waals surface area (Å²) < 4.78 is 21.2. The molecule has 0 fully saturated rings. The Morgan fingerprint density at radius 1 is 1.03 bits per heavy atom. The highest BCUT2D eigenvalue weighted by Gasteiger charge is 2.21. The maximum Gasteiger partial charge on any atom is 0.420 e. The van der Waals surface area contributed by atoms with E-state index in [0.29, 0.717) is 5.56 Å². The molecule has 4 rings (SSSR count). The molecule has 0 aliphatic heterocycles. The highest BCUT2D eigenvalue weighted by atomic mass is 79.9. The van der Waals surface area contributed by atoms with E-state index in [1.165, 1.54) is 36.4 Å². The van der Waals surface area contributed by atoms with Crippen LogP contribution in [0.5, 0.6) is 0 Å². The molecule has 0 atom stereocenters. The zero-order valence-electron chi connectivity index (χ0n) is 15.2. The molecule has 0 unspecified atom stereocenters. The average molecular weight is 489 g/mol. The van der Waals surface area contributed by atoms with Gasteiger partial charge in [0.1, 0.15) is 5.82 Å². The average Bonchev–Trinajstić information content (AvgIpc) is 3.02. The molecule has 0 aliphatic rings. The maximum absolute atomic E-state index is 14.0. The van der Waals surface area contributed by atoms with Gasteiger partial charge in [0.05, 0.1) is 22.6 Å². The van der Waals surface area contributed by atoms with Gasteiger partial charge in [-0.1, -0.05) is 51.8 Å². The molecule has 0 radical (unpaired) electrons. The van der Waals surface area contributed by atoms with Gasteiger partial charge >= 0.3 is 5.76 Å². The number of carbonyl (C=O) groups excluding carboxylic acids is 2. The first-order valence-electron chi connectivity index (χ1n) is 8.76. The maximum atomic E-state index is 14.0. The molecule has 1 aromatic heterocycles. The molecule has 0 saturated carbocycles. The number of hydrogen-bond acceptors (Lipinski definition) is 4. The molecule has 30 heavy (non-hydrogen) atoms. The smallest absolute Gasteiger partial charge is 0.408 e. The minimum atomic E-state index is -0.762. The van der Waals surface area contributed by atoms with Crippen molar-refractivity contribution in [2.24, 2.45) is 0 Å². The highest BCUT2D eigenvalue weighted by Crippen LogP contribution is 2.27. The Morgan fingerprint density at radius 2 is 1.73 bits per heavy atom. The Morgan fingerprint density at radius 3 is 2.43 bits per heavy atom. The van der Waals surface area contributed by atoms with Crippen molar-refractivity contribution in [3.05, 3.63) is 103 Å². The fourth-order valence-corrected chi connectivity index (χ4v) is 3.58. The first kappa shape index (κ1) is 20.3. The monoisotopic (exact) mass is 487 g/mol. The van der Waals surface area contributed by atoms with Crippen LogP contribution in [0.2, 0.25) is 5.02 Å². The zero-order valence-corrected chi connectivity index (χ0v) is 17.5. The number of rotatable bonds is 5. The van der Waals surface area contributed by atoms with Gasteiger partial charge in [-0.15, -0.1) is 0 Å². The first-order valence-corrected chi connectivity index (χ1v) is 9.93. The fraction of sp³-hybridized carbons (Fsp3) is 0.0455. The summed E-state index contributed by atoms with van der Waals surface area (Å²) >= 11 is 9.56. The molecular weight excluding hydrogens is 477 g/mol. The van der Waals surface area contributed by atoms with Gasteiger partial charge in [-0.2, -0.15) is 0 Å². The molecule has 0 saturated heterocycles. The Balaban J connectivity index is 1.73. The quantitative estimate of drug-likeness (QED) is 0.359. The van der Waals surface area contributed by atoms with Crippen LogP contribution in [0.25, 0.3) is 11.1 Å². The van der Waals surface area contributed by atoms with E-state index in [1.807, 2.05) is 0 Å². The number of ketones is 2. The van der Waals surface area contributed by atoms with Crippen LogP contribution in [-0.4, -0.2) is 16.1 Å². The Bertz CT molecular complexity index is 1360. The van der Waals surface area contributed by atoms with Gasteiger partial charge in [-0.25, -0.2) is 9.18 Å². The normalized spacial score (nSPS) is 11.0. The van der Waals surface area contributed by atoms with Crippen molar-refractivity contribution in [1.82, 2.24) is 4.57 Å². The van der Waals surface area contributed by atoms with Crippen molar-refractivity contribution in [3.63, 3.8) is 0 Å². The first-order chi connectivity index (χ1) is 14.3. The number of aromatic nitrogens is 1. The summed E-state index contributed by atoms with van der Waals surface area (Å²) in [5.74, 6) is -2.38. The van der Waals surface area contributed by atoms with E-state index in [2.05, 4.69) is 15.9 Å². The number of fused-ring (bicyclic) bond motifs is 1. The molecule has 3 aromatic carbocycles. The van der Waals surface area contributed by atoms with Crippen LogP contribution in [0.15, 0.2) is 74.3 Å². The minimum Gasteiger partial charge on any atom is -0.408 e. The highest BCUT2D eigenvalue weighted by molar-refractivity contribution is 9.10. The predicted octanol–water partition coefficient (Wildman–Crippen LogP) is 5.26. The molecule has 0 aliphatic carbocycles. The zero-order chi connectivity index (χ0) is 21.4. The van der Waals surface area contributed by atoms with Crippen LogP contribution in [0.3, 0.4) is 0 Å². The van der Waals surface area contributed by atoms with Crippen LogP contribution in [0.1, 0.15) is 26.3 Å². The van der Waals surface area contributed by atoms with Gasteiger partial charge < -0.3 is 4.42 Å². The van der Waals surface area contributed by atoms with E-state index in [4.69, 9.17) is 16.0 Å². The van der Waals surface area contributed by atoms with Gasteiger partial charge in [0.2, 0.25) is 0 Å². The van der Waals surface area contributed by atoms with Crippen molar-refractivity contribution < 1.29 is 18.4 Å². The van der Waals surface area contributed by atoms with Crippen molar-refractivity contribution in [1.29, 1.82) is 0 Å². The number of nitrogens with zero attached hydrogens (tertiary/aromatic N) is 1. The number of Topliss-reactive ketones (excluding diaryl/α,β-unsaturated/α-hetero) is 1. The summed E-state index contributed by atoms with van der Waals surface area (Å²) in [7, 11) is 0. The lowest BCUT2D eigenvalue weighted by molar-refractivity contribution is 0.0969. The van der Waals surface area contributed by atoms with Gasteiger partial charge in [0, 0.05) is 15.6 Å². The van der Waals surface area contributed by atoms with Gasteiger partial charge in [-0.05, 0) is 36.4 Å². The summed E-state index contributed by atoms with van der Waals surface area (Å²) in [4.78, 5) is 37.6. The van der Waals surface area contributed by atoms with E-state index < -0.39 is 17.4 Å². The second-order valence-electron chi connectivity index (χ2n) is 6.49. The summed E-state index contributed by atoms with van der Waals surface area (Å²) in [6, 6.07) is 14.9. The van der Waals surface area contributed by atoms with Gasteiger partial charge in [-0.3, -0.25) is 14.2 Å². The molecule has 150 valence electrons. The number of carbonyl (C=O) groups is 2. The Kier molecular flexibility index (Phi) is 5.40. The minimum absolute atomic E-state index is 0.00518. The van der Waals surface area contributed by atoms with Crippen LogP contribution in [0, 0.1) is 5.82 Å². The molecule has 0 spiro atoms. The molecule has 0 amide bonds. The second-order valence-corrected chi connectivity index (χ2v) is 7.82. The van der Waals surface area contributed by atoms with Crippen molar-refractivity contribution in [2.75, 3.05) is 0 Å². The molecule has 5 nitrogen and oxygen atoms in total. The lowest BCUT2D eigenvalue weighted by Gasteiger charge is -2.06. The Hall–Kier alpha value is -3.03. The van der Waals surface area contributed by atoms with Crippen LogP contribution < -0.4 is 5.76 Å². The number of halogens is 3. The van der Waals surface area contributed by atoms with Crippen molar-refractivity contribution >= 4 is 50.2 Å². The van der Waals surface area contributed by atoms with E-state index in [9.17, 15) is 18.8 Å². The van der Waals surface area contributed by atoms with E-state index in [0.717, 1.165) is 9.04 Å². The number of hydrogen-bond donors (Lipinski definition) is 0. The lowest BCUT2D eigenvalue weighted by Crippen LogP contribution is -2.20. The molecule has 0 bridgehead atoms. The third-order valence-corrected chi connectivity index (χ3v) is 5.43. The molecular formula is C22H12BrClFNO4. The van der Waals surface area contributed by atoms with E-state index in [-0.39, 0.29) is 39.6 Å². The van der Waals surface area contributed by atoms with Crippen molar-refractivity contribution in [2.45, 2.75) is 6.54 Å². The number of benzene rings is 3. The second kappa shape index (κ2) is 8.01. The third-order valence-electron chi connectivity index (χ3n) is 4.59. The number of oxazole rings is 1. The fourth-order valence-electron chi connectivity index (χ4n) is 3.07. The van der Waals surface area contributed by atoms with Crippen LogP contribution in [0.4, 0.5) is 4.39 Å².